The number of aromatic carboxylic acids is 1. The number of halogens is 1. The highest BCUT2D eigenvalue weighted by molar-refractivity contribution is 9.10. The van der Waals surface area contributed by atoms with Crippen LogP contribution in [0.4, 0.5) is 0 Å². The average molecular weight is 311 g/mol. The van der Waals surface area contributed by atoms with Gasteiger partial charge in [-0.2, -0.15) is 0 Å². The second-order valence-corrected chi connectivity index (χ2v) is 4.79. The van der Waals surface area contributed by atoms with Crippen LogP contribution in [0.15, 0.2) is 39.4 Å². The molecular formula is C13H11BrO4. The van der Waals surface area contributed by atoms with Crippen molar-refractivity contribution in [2.24, 2.45) is 0 Å². The van der Waals surface area contributed by atoms with Crippen molar-refractivity contribution < 1.29 is 19.4 Å². The van der Waals surface area contributed by atoms with E-state index in [1.54, 1.807) is 6.07 Å². The molecule has 0 saturated carbocycles. The number of rotatable bonds is 3. The van der Waals surface area contributed by atoms with Crippen LogP contribution < -0.4 is 0 Å². The first-order chi connectivity index (χ1) is 8.50. The van der Waals surface area contributed by atoms with E-state index in [1.807, 2.05) is 19.1 Å². The zero-order valence-corrected chi connectivity index (χ0v) is 11.1. The number of carbonyl (C=O) groups is 1. The van der Waals surface area contributed by atoms with Crippen molar-refractivity contribution in [2.75, 3.05) is 0 Å². The number of aryl methyl sites for hydroxylation is 1. The van der Waals surface area contributed by atoms with Crippen molar-refractivity contribution >= 4 is 21.9 Å². The van der Waals surface area contributed by atoms with Gasteiger partial charge in [0, 0.05) is 10.0 Å². The summed E-state index contributed by atoms with van der Waals surface area (Å²) in [6.07, 6.45) is 0.144. The molecule has 0 spiro atoms. The van der Waals surface area contributed by atoms with Gasteiger partial charge in [0.2, 0.25) is 0 Å². The van der Waals surface area contributed by atoms with E-state index in [9.17, 15) is 9.90 Å². The van der Waals surface area contributed by atoms with Crippen molar-refractivity contribution in [3.8, 4) is 0 Å². The molecule has 94 valence electrons. The third-order valence-electron chi connectivity index (χ3n) is 2.62. The van der Waals surface area contributed by atoms with Gasteiger partial charge in [0.25, 0.3) is 0 Å². The number of aliphatic hydroxyl groups is 1. The molecule has 5 heteroatoms. The number of aliphatic hydroxyl groups excluding tert-OH is 1. The van der Waals surface area contributed by atoms with Gasteiger partial charge in [0.1, 0.15) is 11.7 Å². The normalized spacial score (nSPS) is 12.4. The molecule has 1 aromatic heterocycles. The van der Waals surface area contributed by atoms with Crippen molar-refractivity contribution in [1.82, 2.24) is 0 Å². The molecule has 1 aromatic carbocycles. The molecule has 0 radical (unpaired) electrons. The minimum absolute atomic E-state index is 0.0324. The van der Waals surface area contributed by atoms with E-state index in [4.69, 9.17) is 9.52 Å². The first-order valence-electron chi connectivity index (χ1n) is 5.25. The maximum atomic E-state index is 11.0. The summed E-state index contributed by atoms with van der Waals surface area (Å²) in [7, 11) is 0. The zero-order valence-electron chi connectivity index (χ0n) is 9.55. The summed E-state index contributed by atoms with van der Waals surface area (Å²) in [5.74, 6) is -1.09. The Balaban J connectivity index is 2.44. The molecule has 1 unspecified atom stereocenters. The fourth-order valence-corrected chi connectivity index (χ4v) is 2.41. The van der Waals surface area contributed by atoms with Crippen molar-refractivity contribution in [2.45, 2.75) is 13.0 Å². The standard InChI is InChI=1S/C13H11BrO4/c1-7-2-3-8(10(14)6-7)11(15)12-9(13(16)17)4-5-18-12/h2-6,11,15H,1H3,(H,16,17). The molecule has 2 N–H and O–H groups in total. The second kappa shape index (κ2) is 4.96. The van der Waals surface area contributed by atoms with Crippen LogP contribution in [0.1, 0.15) is 33.3 Å². The molecule has 0 aliphatic heterocycles. The number of furan rings is 1. The summed E-state index contributed by atoms with van der Waals surface area (Å²) < 4.78 is 5.79. The highest BCUT2D eigenvalue weighted by Crippen LogP contribution is 2.31. The topological polar surface area (TPSA) is 70.7 Å². The Hall–Kier alpha value is -1.59. The van der Waals surface area contributed by atoms with Crippen LogP contribution in [0.3, 0.4) is 0 Å². The second-order valence-electron chi connectivity index (χ2n) is 3.93. The molecule has 0 aliphatic carbocycles. The van der Waals surface area contributed by atoms with Crippen LogP contribution in [0.5, 0.6) is 0 Å². The predicted molar refractivity (Wildman–Crippen MR) is 68.6 cm³/mol. The van der Waals surface area contributed by atoms with Crippen molar-refractivity contribution in [3.63, 3.8) is 0 Å². The Labute approximate surface area is 112 Å². The van der Waals surface area contributed by atoms with Gasteiger partial charge in [0.05, 0.1) is 6.26 Å². The fourth-order valence-electron chi connectivity index (χ4n) is 1.70. The Morgan fingerprint density at radius 1 is 1.39 bits per heavy atom. The molecule has 1 heterocycles. The molecule has 0 aliphatic rings. The van der Waals surface area contributed by atoms with E-state index in [1.165, 1.54) is 12.3 Å². The predicted octanol–water partition coefficient (Wildman–Crippen LogP) is 3.13. The van der Waals surface area contributed by atoms with Gasteiger partial charge in [-0.15, -0.1) is 0 Å². The smallest absolute Gasteiger partial charge is 0.339 e. The van der Waals surface area contributed by atoms with E-state index >= 15 is 0 Å². The molecule has 2 aromatic rings. The Kier molecular flexibility index (Phi) is 3.54. The van der Waals surface area contributed by atoms with Crippen LogP contribution >= 0.6 is 15.9 Å². The largest absolute Gasteiger partial charge is 0.478 e. The first-order valence-corrected chi connectivity index (χ1v) is 6.05. The van der Waals surface area contributed by atoms with Gasteiger partial charge in [-0.05, 0) is 24.6 Å². The lowest BCUT2D eigenvalue weighted by Crippen LogP contribution is -2.06. The summed E-state index contributed by atoms with van der Waals surface area (Å²) in [5, 5.41) is 19.2. The number of carboxylic acids is 1. The van der Waals surface area contributed by atoms with Gasteiger partial charge in [-0.25, -0.2) is 4.79 Å². The lowest BCUT2D eigenvalue weighted by molar-refractivity contribution is 0.0687. The van der Waals surface area contributed by atoms with Crippen LogP contribution in [0, 0.1) is 6.92 Å². The molecule has 1 atom stereocenters. The monoisotopic (exact) mass is 310 g/mol. The molecule has 2 rings (SSSR count). The molecule has 0 amide bonds. The average Bonchev–Trinajstić information content (AvgIpc) is 2.77. The van der Waals surface area contributed by atoms with Crippen molar-refractivity contribution in [1.29, 1.82) is 0 Å². The number of carboxylic acid groups (broad SMARTS) is 1. The van der Waals surface area contributed by atoms with Crippen LogP contribution in [0.2, 0.25) is 0 Å². The molecule has 0 saturated heterocycles. The maximum absolute atomic E-state index is 11.0. The molecule has 0 fully saturated rings. The van der Waals surface area contributed by atoms with Gasteiger partial charge in [0.15, 0.2) is 5.76 Å². The summed E-state index contributed by atoms with van der Waals surface area (Å²) in [6, 6.07) is 6.75. The van der Waals surface area contributed by atoms with Gasteiger partial charge in [-0.3, -0.25) is 0 Å². The number of hydrogen-bond donors (Lipinski definition) is 2. The zero-order chi connectivity index (χ0) is 13.3. The minimum Gasteiger partial charge on any atom is -0.478 e. The van der Waals surface area contributed by atoms with E-state index in [0.717, 1.165) is 5.56 Å². The third kappa shape index (κ3) is 2.32. The Morgan fingerprint density at radius 3 is 2.72 bits per heavy atom. The lowest BCUT2D eigenvalue weighted by atomic mass is 10.0. The van der Waals surface area contributed by atoms with Gasteiger partial charge >= 0.3 is 5.97 Å². The van der Waals surface area contributed by atoms with E-state index < -0.39 is 12.1 Å². The summed E-state index contributed by atoms with van der Waals surface area (Å²) >= 11 is 3.35. The highest BCUT2D eigenvalue weighted by atomic mass is 79.9. The first kappa shape index (κ1) is 12.9. The van der Waals surface area contributed by atoms with E-state index in [-0.39, 0.29) is 11.3 Å². The quantitative estimate of drug-likeness (QED) is 0.913. The summed E-state index contributed by atoms with van der Waals surface area (Å²) in [6.45, 7) is 1.93. The van der Waals surface area contributed by atoms with E-state index in [0.29, 0.717) is 10.0 Å². The van der Waals surface area contributed by atoms with Gasteiger partial charge < -0.3 is 14.6 Å². The molecule has 18 heavy (non-hydrogen) atoms. The van der Waals surface area contributed by atoms with E-state index in [2.05, 4.69) is 15.9 Å². The highest BCUT2D eigenvalue weighted by Gasteiger charge is 2.23. The Morgan fingerprint density at radius 2 is 2.11 bits per heavy atom. The van der Waals surface area contributed by atoms with Crippen molar-refractivity contribution in [3.05, 3.63) is 57.5 Å². The van der Waals surface area contributed by atoms with Crippen LogP contribution in [0.25, 0.3) is 0 Å². The lowest BCUT2D eigenvalue weighted by Gasteiger charge is -2.12. The molecule has 4 nitrogen and oxygen atoms in total. The maximum Gasteiger partial charge on any atom is 0.339 e. The molecular weight excluding hydrogens is 300 g/mol. The summed E-state index contributed by atoms with van der Waals surface area (Å²) in [5.41, 5.74) is 1.57. The molecule has 0 bridgehead atoms. The van der Waals surface area contributed by atoms with Crippen LogP contribution in [-0.4, -0.2) is 16.2 Å². The Bertz CT molecular complexity index is 588. The summed E-state index contributed by atoms with van der Waals surface area (Å²) in [4.78, 5) is 11.0. The van der Waals surface area contributed by atoms with Gasteiger partial charge in [-0.1, -0.05) is 28.1 Å². The number of hydrogen-bond acceptors (Lipinski definition) is 3. The minimum atomic E-state index is -1.12. The SMILES string of the molecule is Cc1ccc(C(O)c2occc2C(=O)O)c(Br)c1. The van der Waals surface area contributed by atoms with Crippen LogP contribution in [-0.2, 0) is 0 Å². The third-order valence-corrected chi connectivity index (χ3v) is 3.31. The fraction of sp³-hybridized carbons (Fsp3) is 0.154. The number of benzene rings is 1.